The smallest absolute Gasteiger partial charge is 0.322 e. The summed E-state index contributed by atoms with van der Waals surface area (Å²) in [5.74, 6) is 2.80. The lowest BCUT2D eigenvalue weighted by atomic mass is 10.1. The van der Waals surface area contributed by atoms with Crippen LogP contribution in [0.2, 0.25) is 170 Å². The van der Waals surface area contributed by atoms with Crippen LogP contribution in [0.4, 0.5) is 0 Å². The Balaban J connectivity index is -0.0000000566. The first kappa shape index (κ1) is 165. The van der Waals surface area contributed by atoms with E-state index in [1.165, 1.54) is 24.4 Å². The first-order valence-electron chi connectivity index (χ1n) is 36.4. The zero-order valence-corrected chi connectivity index (χ0v) is 84.3. The number of benzene rings is 1. The highest BCUT2D eigenvalue weighted by Gasteiger charge is 2.50. The number of thioether (sulfide) groups is 1. The van der Waals surface area contributed by atoms with Crippen LogP contribution in [-0.4, -0.2) is 227 Å². The largest absolute Gasteiger partial charge is 0.491 e. The quantitative estimate of drug-likeness (QED) is 0.0407. The minimum atomic E-state index is -2.65. The molecule has 0 saturated heterocycles. The number of rotatable bonds is 44. The Morgan fingerprint density at radius 2 is 0.711 bits per heavy atom. The molecule has 0 heterocycles. The lowest BCUT2D eigenvalue weighted by molar-refractivity contribution is -0.146. The van der Waals surface area contributed by atoms with Crippen molar-refractivity contribution in [1.82, 2.24) is 0 Å². The summed E-state index contributed by atoms with van der Waals surface area (Å²) in [4.78, 5) is 11.0. The first-order valence-corrected chi connectivity index (χ1v) is 72.6. The number of unbranched alkanes of at least 4 members (excludes halogenated alkanes) is 1. The number of aryl methyl sites for hydroxylation is 1. The van der Waals surface area contributed by atoms with Crippen LogP contribution in [0.15, 0.2) is 24.3 Å². The van der Waals surface area contributed by atoms with Gasteiger partial charge in [-0.3, -0.25) is 4.79 Å². The summed E-state index contributed by atoms with van der Waals surface area (Å²) in [6.45, 7) is 78.1. The molecule has 0 amide bonds. The predicted octanol–water partition coefficient (Wildman–Crippen LogP) is 26.4. The van der Waals surface area contributed by atoms with Crippen LogP contribution in [0.25, 0.3) is 0 Å². The Morgan fingerprint density at radius 1 is 0.395 bits per heavy atom. The third-order valence-corrected chi connectivity index (χ3v) is 55.9. The molecule has 0 aromatic heterocycles. The van der Waals surface area contributed by atoms with Crippen molar-refractivity contribution in [2.24, 2.45) is 5.92 Å². The minimum Gasteiger partial charge on any atom is -0.491 e. The number of carbonyl (C=O) groups is 1. The fraction of sp³-hybridized carbons (Fsp3) is 0.912. The number of aliphatic hydroxyl groups excluding tert-OH is 3. The van der Waals surface area contributed by atoms with E-state index in [-0.39, 0.29) is 128 Å². The highest BCUT2D eigenvalue weighted by atomic mass is 32.2. The highest BCUT2D eigenvalue weighted by Crippen LogP contribution is 2.31. The monoisotopic (exact) mass is 1880 g/mol. The maximum Gasteiger partial charge on any atom is 0.322 e. The molecule has 1 rings (SSSR count). The number of carbonyl (C=O) groups excluding carboxylic acids is 1. The van der Waals surface area contributed by atoms with E-state index in [2.05, 4.69) is 164 Å². The third kappa shape index (κ3) is 107. The minimum absolute atomic E-state index is 0. The van der Waals surface area contributed by atoms with Gasteiger partial charge in [-0.15, -0.1) is 0 Å². The average Bonchev–Trinajstić information content (AvgIpc) is 0.806. The Labute approximate surface area is 735 Å². The second-order valence-electron chi connectivity index (χ2n) is 30.4. The average molecular weight is 1880 g/mol. The van der Waals surface area contributed by atoms with Gasteiger partial charge in [-0.1, -0.05) is 170 Å². The summed E-state index contributed by atoms with van der Waals surface area (Å²) in [6.07, 6.45) is 4.58. The number of aliphatic hydroxyl groups is 3. The summed E-state index contributed by atoms with van der Waals surface area (Å²) >= 11 is 1.77. The molecule has 0 fully saturated rings. The van der Waals surface area contributed by atoms with E-state index < -0.39 is 108 Å². The van der Waals surface area contributed by atoms with Crippen LogP contribution in [0.1, 0.15) is 211 Å². The molecule has 1 aromatic rings. The van der Waals surface area contributed by atoms with E-state index in [1.807, 2.05) is 92.9 Å². The number of hydrogen-bond acceptors (Lipinski definition) is 22. The van der Waals surface area contributed by atoms with E-state index in [0.29, 0.717) is 39.3 Å². The standard InChI is InChI=1S/C22H66O10Si10.C13H20O2.C8H20O3Si.C8H16O2S.C6H14O2.C5H14OSi.C4H10O.14CH4/c1-23-34(5,6)25-36(9,10)27-38(13,14)29-40(17,18)31-42(21,22)32-41(19,20)30-39(15,16)28-37(11,12)26-35(7,8)24-33(2,3)4;1-3-4-7-12-8-5-6-9-13(12)15-10-11(2)14;1-5-8(9)6-11-7-12(3,4)10-2;1-4-10-8(9)7(3)6-11-5-2;1-3-6(7)5-8-4-2;1-5-7(3,4)6-2;1-3-5-4-2;;;;;;;;;;;;;;/h1-22H3;5-6,8-9,11,14H,3-4,7,10H2,1-2H3;8-9H,5-7H2,1-4H3;7H,4-6H2,1-3H3;6-7H,3-5H2,1-2H3;5H2,1-4H3;3-4H2,1-2H3;14*1H4. The Morgan fingerprint density at radius 3 is 0.956 bits per heavy atom. The van der Waals surface area contributed by atoms with E-state index in [1.54, 1.807) is 40.0 Å². The Hall–Kier alpha value is 0.723. The molecular formula is C80H216O21SSi12. The van der Waals surface area contributed by atoms with Crippen molar-refractivity contribution >= 4 is 120 Å². The molecule has 0 aliphatic heterocycles. The molecular weight excluding hydrogens is 1670 g/mol. The van der Waals surface area contributed by atoms with Crippen LogP contribution >= 0.6 is 11.8 Å². The summed E-state index contributed by atoms with van der Waals surface area (Å²) in [5, 5.41) is 27.2. The first-order chi connectivity index (χ1) is 45.2. The van der Waals surface area contributed by atoms with Crippen molar-refractivity contribution in [3.63, 3.8) is 0 Å². The lowest BCUT2D eigenvalue weighted by Gasteiger charge is -2.44. The van der Waals surface area contributed by atoms with Crippen molar-refractivity contribution < 1.29 is 94.1 Å². The zero-order chi connectivity index (χ0) is 79.9. The van der Waals surface area contributed by atoms with Gasteiger partial charge in [-0.2, -0.15) is 11.8 Å². The molecule has 21 nitrogen and oxygen atoms in total. The molecule has 0 aliphatic carbocycles. The van der Waals surface area contributed by atoms with Crippen LogP contribution in [0.3, 0.4) is 0 Å². The van der Waals surface area contributed by atoms with Crippen molar-refractivity contribution in [3.05, 3.63) is 29.8 Å². The molecule has 0 spiro atoms. The second kappa shape index (κ2) is 83.3. The van der Waals surface area contributed by atoms with Gasteiger partial charge in [-0.05, 0) is 247 Å². The molecule has 114 heavy (non-hydrogen) atoms. The number of para-hydroxylation sites is 1. The number of hydrogen-bond donors (Lipinski definition) is 3. The Bertz CT molecular complexity index is 2150. The van der Waals surface area contributed by atoms with Gasteiger partial charge in [0.1, 0.15) is 12.4 Å². The topological polar surface area (TPSA) is 235 Å². The van der Waals surface area contributed by atoms with Gasteiger partial charge in [0.15, 0.2) is 16.6 Å². The van der Waals surface area contributed by atoms with Gasteiger partial charge in [0.2, 0.25) is 8.32 Å². The van der Waals surface area contributed by atoms with Gasteiger partial charge in [-0.25, -0.2) is 0 Å². The van der Waals surface area contributed by atoms with E-state index >= 15 is 0 Å². The van der Waals surface area contributed by atoms with Crippen molar-refractivity contribution in [1.29, 1.82) is 0 Å². The normalized spacial score (nSPS) is 12.3. The third-order valence-electron chi connectivity index (χ3n) is 13.1. The molecule has 0 saturated carbocycles. The highest BCUT2D eigenvalue weighted by molar-refractivity contribution is 7.99. The fourth-order valence-electron chi connectivity index (χ4n) is 9.09. The number of ether oxygens (including phenoxy) is 5. The van der Waals surface area contributed by atoms with Gasteiger partial charge >= 0.3 is 83.0 Å². The van der Waals surface area contributed by atoms with Crippen molar-refractivity contribution in [3.8, 4) is 5.75 Å². The molecule has 1 aromatic carbocycles. The van der Waals surface area contributed by atoms with Crippen LogP contribution in [0.5, 0.6) is 5.75 Å². The molecule has 4 unspecified atom stereocenters. The zero-order valence-electron chi connectivity index (χ0n) is 71.5. The molecule has 0 radical (unpaired) electrons. The van der Waals surface area contributed by atoms with Crippen molar-refractivity contribution in [2.75, 3.05) is 85.3 Å². The molecule has 0 bridgehead atoms. The SMILES string of the molecule is C.C.C.C.C.C.C.C.C.C.C.C.C.C.CCC(O)COC[Si](C)(C)OC.CCCCc1ccccc1OCC(C)O.CCOC(=O)C(C)CSCC.CCOCC.CCOCC(O)CC.CC[Si](C)(C)OC.CO[Si](C)(C)O[Si](C)(C)O[Si](C)(C)O[Si](C)(C)O[Si](C)(C)O[Si](C)(C)O[Si](C)(C)O[Si](C)(C)O[Si](C)(C)O[Si](C)(C)C. The molecule has 716 valence electrons. The summed E-state index contributed by atoms with van der Waals surface area (Å²) in [7, 11) is -22.0. The predicted molar refractivity (Wildman–Crippen MR) is 544 cm³/mol. The molecule has 3 N–H and O–H groups in total. The summed E-state index contributed by atoms with van der Waals surface area (Å²) in [5.41, 5.74) is 1.24. The van der Waals surface area contributed by atoms with Gasteiger partial charge in [0, 0.05) is 46.9 Å². The van der Waals surface area contributed by atoms with E-state index in [9.17, 15) is 9.90 Å². The molecule has 34 heteroatoms. The molecule has 4 atom stereocenters. The Kier molecular flexibility index (Phi) is 121. The summed E-state index contributed by atoms with van der Waals surface area (Å²) < 4.78 is 101. The van der Waals surface area contributed by atoms with E-state index in [0.717, 1.165) is 49.7 Å². The van der Waals surface area contributed by atoms with Crippen LogP contribution in [-0.2, 0) is 80.5 Å². The second-order valence-corrected chi connectivity index (χ2v) is 77.7. The lowest BCUT2D eigenvalue weighted by Crippen LogP contribution is -2.62. The van der Waals surface area contributed by atoms with Crippen molar-refractivity contribution in [2.45, 2.75) is 400 Å². The maximum atomic E-state index is 11.0. The van der Waals surface area contributed by atoms with Crippen LogP contribution < -0.4 is 4.74 Å². The maximum absolute atomic E-state index is 11.0. The fourth-order valence-corrected chi connectivity index (χ4v) is 59.3. The molecule has 0 aliphatic rings. The van der Waals surface area contributed by atoms with Gasteiger partial charge in [0.25, 0.3) is 0 Å². The number of esters is 1. The van der Waals surface area contributed by atoms with E-state index in [4.69, 9.17) is 84.2 Å². The van der Waals surface area contributed by atoms with Crippen LogP contribution in [0, 0.1) is 5.92 Å². The van der Waals surface area contributed by atoms with Gasteiger partial charge in [0.05, 0.1) is 50.3 Å². The van der Waals surface area contributed by atoms with Gasteiger partial charge < -0.3 is 89.3 Å². The summed E-state index contributed by atoms with van der Waals surface area (Å²) in [6, 6.07) is 9.26.